The zero-order chi connectivity index (χ0) is 20.1. The van der Waals surface area contributed by atoms with Crippen LogP contribution >= 0.6 is 0 Å². The van der Waals surface area contributed by atoms with Crippen molar-refractivity contribution in [3.05, 3.63) is 11.8 Å². The summed E-state index contributed by atoms with van der Waals surface area (Å²) in [7, 11) is -5.72. The van der Waals surface area contributed by atoms with Gasteiger partial charge in [0.15, 0.2) is 0 Å². The van der Waals surface area contributed by atoms with Crippen LogP contribution in [0, 0.1) is 5.92 Å². The number of amides is 1. The number of carbonyl (C=O) groups is 1. The summed E-state index contributed by atoms with van der Waals surface area (Å²) in [6, 6.07) is 0. The summed E-state index contributed by atoms with van der Waals surface area (Å²) in [6.07, 6.45) is 0.782. The Morgan fingerprint density at radius 3 is 2.20 bits per heavy atom. The highest BCUT2D eigenvalue weighted by molar-refractivity contribution is 7.87. The van der Waals surface area contributed by atoms with E-state index in [2.05, 4.69) is 4.18 Å². The van der Waals surface area contributed by atoms with E-state index in [9.17, 15) is 26.4 Å². The predicted octanol–water partition coefficient (Wildman–Crippen LogP) is 4.04. The minimum Gasteiger partial charge on any atom is -0.444 e. The van der Waals surface area contributed by atoms with E-state index in [1.165, 1.54) is 11.8 Å². The predicted molar refractivity (Wildman–Crippen MR) is 87.1 cm³/mol. The third-order valence-electron chi connectivity index (χ3n) is 2.97. The topological polar surface area (TPSA) is 72.9 Å². The molecule has 0 aliphatic carbocycles. The zero-order valence-corrected chi connectivity index (χ0v) is 16.1. The Bertz CT molecular complexity index is 579. The first-order valence-electron chi connectivity index (χ1n) is 7.91. The number of carbonyl (C=O) groups excluding carboxylic acids is 1. The van der Waals surface area contributed by atoms with Crippen molar-refractivity contribution in [3.8, 4) is 0 Å². The molecule has 10 heteroatoms. The molecule has 0 bridgehead atoms. The first-order valence-corrected chi connectivity index (χ1v) is 9.32. The van der Waals surface area contributed by atoms with Crippen LogP contribution in [0.5, 0.6) is 0 Å². The molecule has 0 saturated carbocycles. The van der Waals surface area contributed by atoms with Gasteiger partial charge >= 0.3 is 21.7 Å². The third-order valence-corrected chi connectivity index (χ3v) is 3.95. The van der Waals surface area contributed by atoms with Gasteiger partial charge in [-0.1, -0.05) is 20.8 Å². The summed E-state index contributed by atoms with van der Waals surface area (Å²) < 4.78 is 68.7. The van der Waals surface area contributed by atoms with Crippen molar-refractivity contribution in [3.63, 3.8) is 0 Å². The molecule has 1 unspecified atom stereocenters. The van der Waals surface area contributed by atoms with Crippen LogP contribution in [0.2, 0.25) is 0 Å². The van der Waals surface area contributed by atoms with Gasteiger partial charge in [0, 0.05) is 19.0 Å². The van der Waals surface area contributed by atoms with Crippen molar-refractivity contribution in [2.24, 2.45) is 5.92 Å². The standard InChI is InChI=1S/C13H20F3NO5S.C2H6/c1-9-5-7-17(11(18)21-12(2,3)4)8-6-10(9)22-23(19,20)13(14,15)16;1-2/h6,9H,5,7-8H2,1-4H3;1-2H3. The van der Waals surface area contributed by atoms with Crippen molar-refractivity contribution in [2.75, 3.05) is 13.1 Å². The van der Waals surface area contributed by atoms with Gasteiger partial charge in [0.25, 0.3) is 0 Å². The minimum atomic E-state index is -5.72. The van der Waals surface area contributed by atoms with Crippen molar-refractivity contribution < 1.29 is 35.3 Å². The zero-order valence-electron chi connectivity index (χ0n) is 15.3. The fraction of sp³-hybridized carbons (Fsp3) is 0.800. The van der Waals surface area contributed by atoms with Gasteiger partial charge in [0.05, 0.1) is 0 Å². The average Bonchev–Trinajstić information content (AvgIpc) is 2.61. The highest BCUT2D eigenvalue weighted by atomic mass is 32.2. The van der Waals surface area contributed by atoms with Crippen molar-refractivity contribution in [2.45, 2.75) is 59.1 Å². The maximum Gasteiger partial charge on any atom is 0.534 e. The number of hydrogen-bond donors (Lipinski definition) is 0. The second kappa shape index (κ2) is 8.77. The summed E-state index contributed by atoms with van der Waals surface area (Å²) in [6.45, 7) is 10.7. The van der Waals surface area contributed by atoms with Gasteiger partial charge in [0.2, 0.25) is 0 Å². The minimum absolute atomic E-state index is 0.0953. The van der Waals surface area contributed by atoms with E-state index in [1.807, 2.05) is 13.8 Å². The Morgan fingerprint density at radius 2 is 1.76 bits per heavy atom. The number of halogens is 3. The summed E-state index contributed by atoms with van der Waals surface area (Å²) >= 11 is 0. The fourth-order valence-corrected chi connectivity index (χ4v) is 2.35. The maximum atomic E-state index is 12.4. The van der Waals surface area contributed by atoms with E-state index >= 15 is 0 Å². The van der Waals surface area contributed by atoms with Crippen molar-refractivity contribution >= 4 is 16.2 Å². The second-order valence-corrected chi connectivity index (χ2v) is 7.74. The van der Waals surface area contributed by atoms with Gasteiger partial charge in [-0.2, -0.15) is 21.6 Å². The molecule has 0 aromatic rings. The number of rotatable bonds is 2. The number of nitrogens with zero attached hydrogens (tertiary/aromatic N) is 1. The Hall–Kier alpha value is -1.45. The quantitative estimate of drug-likeness (QED) is 0.526. The van der Waals surface area contributed by atoms with Crippen LogP contribution in [0.15, 0.2) is 11.8 Å². The lowest BCUT2D eigenvalue weighted by Gasteiger charge is -2.26. The molecule has 25 heavy (non-hydrogen) atoms. The van der Waals surface area contributed by atoms with Crippen LogP contribution in [0.25, 0.3) is 0 Å². The van der Waals surface area contributed by atoms with Crippen LogP contribution < -0.4 is 0 Å². The molecule has 1 amide bonds. The van der Waals surface area contributed by atoms with Crippen LogP contribution in [-0.4, -0.2) is 43.6 Å². The van der Waals surface area contributed by atoms with Gasteiger partial charge in [-0.25, -0.2) is 4.79 Å². The molecular formula is C15H26F3NO5S. The summed E-state index contributed by atoms with van der Waals surface area (Å²) in [5.41, 5.74) is -6.21. The highest BCUT2D eigenvalue weighted by Crippen LogP contribution is 2.30. The molecule has 6 nitrogen and oxygen atoms in total. The van der Waals surface area contributed by atoms with Crippen LogP contribution in [0.3, 0.4) is 0 Å². The van der Waals surface area contributed by atoms with Gasteiger partial charge in [0.1, 0.15) is 11.4 Å². The summed E-state index contributed by atoms with van der Waals surface area (Å²) in [4.78, 5) is 13.2. The molecule has 1 rings (SSSR count). The van der Waals surface area contributed by atoms with Gasteiger partial charge in [-0.3, -0.25) is 0 Å². The van der Waals surface area contributed by atoms with Gasteiger partial charge < -0.3 is 13.8 Å². The Kier molecular flexibility index (Phi) is 8.26. The van der Waals surface area contributed by atoms with Crippen molar-refractivity contribution in [1.82, 2.24) is 4.90 Å². The molecule has 148 valence electrons. The Morgan fingerprint density at radius 1 is 1.24 bits per heavy atom. The number of alkyl halides is 3. The number of hydrogen-bond acceptors (Lipinski definition) is 5. The normalized spacial score (nSPS) is 19.2. The van der Waals surface area contributed by atoms with Crippen LogP contribution in [0.1, 0.15) is 48.0 Å². The average molecular weight is 389 g/mol. The molecule has 0 fully saturated rings. The first-order chi connectivity index (χ1) is 11.2. The SMILES string of the molecule is CC.CC1CCN(C(=O)OC(C)(C)C)CC=C1OS(=O)(=O)C(F)(F)F. The second-order valence-electron chi connectivity index (χ2n) is 6.21. The van der Waals surface area contributed by atoms with E-state index < -0.39 is 33.2 Å². The van der Waals surface area contributed by atoms with E-state index in [0.717, 1.165) is 6.08 Å². The lowest BCUT2D eigenvalue weighted by atomic mass is 10.1. The molecule has 0 spiro atoms. The molecule has 1 aliphatic heterocycles. The molecule has 0 aromatic carbocycles. The maximum absolute atomic E-state index is 12.4. The van der Waals surface area contributed by atoms with Crippen LogP contribution in [-0.2, 0) is 19.0 Å². The van der Waals surface area contributed by atoms with Gasteiger partial charge in [-0.15, -0.1) is 0 Å². The van der Waals surface area contributed by atoms with Gasteiger partial charge in [-0.05, 0) is 33.3 Å². The highest BCUT2D eigenvalue weighted by Gasteiger charge is 2.49. The van der Waals surface area contributed by atoms with Crippen molar-refractivity contribution in [1.29, 1.82) is 0 Å². The Balaban J connectivity index is 0.00000277. The smallest absolute Gasteiger partial charge is 0.444 e. The molecule has 1 heterocycles. The fourth-order valence-electron chi connectivity index (χ4n) is 1.77. The molecule has 1 atom stereocenters. The van der Waals surface area contributed by atoms with E-state index in [4.69, 9.17) is 4.74 Å². The Labute approximate surface area is 147 Å². The molecule has 0 N–H and O–H groups in total. The first kappa shape index (κ1) is 23.5. The lowest BCUT2D eigenvalue weighted by molar-refractivity contribution is -0.0526. The molecule has 1 aliphatic rings. The van der Waals surface area contributed by atoms with E-state index in [-0.39, 0.29) is 25.3 Å². The van der Waals surface area contributed by atoms with Crippen LogP contribution in [0.4, 0.5) is 18.0 Å². The third kappa shape index (κ3) is 7.54. The number of allylic oxidation sites excluding steroid dienone is 1. The molecule has 0 aromatic heterocycles. The molecule has 0 radical (unpaired) electrons. The largest absolute Gasteiger partial charge is 0.534 e. The monoisotopic (exact) mass is 389 g/mol. The van der Waals surface area contributed by atoms with E-state index in [0.29, 0.717) is 0 Å². The van der Waals surface area contributed by atoms with E-state index in [1.54, 1.807) is 20.8 Å². The summed E-state index contributed by atoms with van der Waals surface area (Å²) in [5.74, 6) is -0.909. The number of ether oxygens (including phenoxy) is 1. The summed E-state index contributed by atoms with van der Waals surface area (Å²) in [5, 5.41) is 0. The molecular weight excluding hydrogens is 363 g/mol. The molecule has 0 saturated heterocycles. The lowest BCUT2D eigenvalue weighted by Crippen LogP contribution is -2.37.